The van der Waals surface area contributed by atoms with Crippen molar-refractivity contribution in [3.8, 4) is 6.07 Å². The number of rotatable bonds is 1. The molecule has 0 aromatic carbocycles. The number of aromatic nitrogens is 1. The highest BCUT2D eigenvalue weighted by atomic mass is 15.2. The van der Waals surface area contributed by atoms with Crippen molar-refractivity contribution in [3.63, 3.8) is 0 Å². The molecule has 0 radical (unpaired) electrons. The van der Waals surface area contributed by atoms with Gasteiger partial charge in [0.1, 0.15) is 11.9 Å². The third kappa shape index (κ3) is 1.74. The van der Waals surface area contributed by atoms with Crippen molar-refractivity contribution < 1.29 is 0 Å². The molecule has 1 aliphatic heterocycles. The summed E-state index contributed by atoms with van der Waals surface area (Å²) in [6.45, 7) is 4.90. The van der Waals surface area contributed by atoms with Crippen LogP contribution in [0.25, 0.3) is 0 Å². The van der Waals surface area contributed by atoms with Gasteiger partial charge < -0.3 is 10.6 Å². The van der Waals surface area contributed by atoms with Crippen LogP contribution >= 0.6 is 0 Å². The average Bonchev–Trinajstić information content (AvgIpc) is 2.60. The molecule has 1 aromatic heterocycles. The molecule has 2 heterocycles. The maximum atomic E-state index is 9.07. The summed E-state index contributed by atoms with van der Waals surface area (Å²) in [5, 5.41) is 9.07. The van der Waals surface area contributed by atoms with E-state index in [1.165, 1.54) is 0 Å². The Morgan fingerprint density at radius 2 is 2.31 bits per heavy atom. The van der Waals surface area contributed by atoms with E-state index < -0.39 is 0 Å². The minimum atomic E-state index is 0.175. The fourth-order valence-electron chi connectivity index (χ4n) is 2.11. The van der Waals surface area contributed by atoms with Gasteiger partial charge in [0.05, 0.1) is 5.56 Å². The van der Waals surface area contributed by atoms with Gasteiger partial charge in [-0.05, 0) is 32.4 Å². The fourth-order valence-corrected chi connectivity index (χ4v) is 2.11. The first-order valence-corrected chi connectivity index (χ1v) is 5.53. The molecule has 4 nitrogen and oxygen atoms in total. The third-order valence-electron chi connectivity index (χ3n) is 3.22. The van der Waals surface area contributed by atoms with E-state index in [1.807, 2.05) is 19.1 Å². The lowest BCUT2D eigenvalue weighted by Gasteiger charge is -2.25. The Hall–Kier alpha value is -1.60. The van der Waals surface area contributed by atoms with Crippen LogP contribution in [0.5, 0.6) is 0 Å². The molecule has 2 rings (SSSR count). The monoisotopic (exact) mass is 216 g/mol. The maximum Gasteiger partial charge on any atom is 0.147 e. The van der Waals surface area contributed by atoms with Crippen molar-refractivity contribution in [2.24, 2.45) is 5.73 Å². The summed E-state index contributed by atoms with van der Waals surface area (Å²) in [4.78, 5) is 6.59. The molecule has 1 aromatic rings. The summed E-state index contributed by atoms with van der Waals surface area (Å²) in [7, 11) is 0. The van der Waals surface area contributed by atoms with Gasteiger partial charge in [-0.3, -0.25) is 0 Å². The van der Waals surface area contributed by atoms with Crippen molar-refractivity contribution in [3.05, 3.63) is 23.4 Å². The number of pyridine rings is 1. The van der Waals surface area contributed by atoms with Crippen LogP contribution in [-0.2, 0) is 0 Å². The molecule has 1 saturated heterocycles. The molecular weight excluding hydrogens is 200 g/mol. The smallest absolute Gasteiger partial charge is 0.147 e. The van der Waals surface area contributed by atoms with Crippen molar-refractivity contribution in [2.45, 2.75) is 32.4 Å². The number of hydrogen-bond acceptors (Lipinski definition) is 4. The highest BCUT2D eigenvalue weighted by Crippen LogP contribution is 2.26. The molecule has 1 fully saturated rings. The molecule has 2 atom stereocenters. The molecule has 4 heteroatoms. The Bertz CT molecular complexity index is 435. The predicted octanol–water partition coefficient (Wildman–Crippen LogP) is 1.19. The minimum Gasteiger partial charge on any atom is -0.351 e. The standard InChI is InChI=1S/C12H16N4/c1-8-3-4-10(7-13)12(15-8)16-6-5-11(14)9(16)2/h3-4,9,11H,5-6,14H2,1-2H3. The number of nitrogens with two attached hydrogens (primary N) is 1. The van der Waals surface area contributed by atoms with E-state index in [0.717, 1.165) is 24.5 Å². The van der Waals surface area contributed by atoms with E-state index in [4.69, 9.17) is 11.0 Å². The fraction of sp³-hybridized carbons (Fsp3) is 0.500. The van der Waals surface area contributed by atoms with E-state index in [0.29, 0.717) is 5.56 Å². The van der Waals surface area contributed by atoms with Gasteiger partial charge in [0.25, 0.3) is 0 Å². The van der Waals surface area contributed by atoms with E-state index >= 15 is 0 Å². The summed E-state index contributed by atoms with van der Waals surface area (Å²) in [6.07, 6.45) is 0.960. The zero-order chi connectivity index (χ0) is 11.7. The average molecular weight is 216 g/mol. The van der Waals surface area contributed by atoms with Crippen LogP contribution in [0.2, 0.25) is 0 Å². The van der Waals surface area contributed by atoms with Gasteiger partial charge in [-0.2, -0.15) is 5.26 Å². The molecule has 1 aliphatic rings. The predicted molar refractivity (Wildman–Crippen MR) is 63.1 cm³/mol. The topological polar surface area (TPSA) is 65.9 Å². The Kier molecular flexibility index (Phi) is 2.80. The van der Waals surface area contributed by atoms with Crippen LogP contribution in [0, 0.1) is 18.3 Å². The van der Waals surface area contributed by atoms with Gasteiger partial charge in [0, 0.05) is 24.3 Å². The summed E-state index contributed by atoms with van der Waals surface area (Å²) in [6, 6.07) is 6.31. The Morgan fingerprint density at radius 1 is 1.56 bits per heavy atom. The lowest BCUT2D eigenvalue weighted by atomic mass is 10.1. The first kappa shape index (κ1) is 10.9. The minimum absolute atomic E-state index is 0.175. The van der Waals surface area contributed by atoms with Crippen LogP contribution in [0.15, 0.2) is 12.1 Å². The SMILES string of the molecule is Cc1ccc(C#N)c(N2CCC(N)C2C)n1. The number of hydrogen-bond donors (Lipinski definition) is 1. The first-order valence-electron chi connectivity index (χ1n) is 5.53. The van der Waals surface area contributed by atoms with Crippen LogP contribution < -0.4 is 10.6 Å². The second-order valence-electron chi connectivity index (χ2n) is 4.32. The van der Waals surface area contributed by atoms with Gasteiger partial charge in [-0.25, -0.2) is 4.98 Å². The van der Waals surface area contributed by atoms with Gasteiger partial charge in [0.15, 0.2) is 0 Å². The van der Waals surface area contributed by atoms with Gasteiger partial charge in [-0.1, -0.05) is 0 Å². The summed E-state index contributed by atoms with van der Waals surface area (Å²) < 4.78 is 0. The maximum absolute atomic E-state index is 9.07. The Morgan fingerprint density at radius 3 is 2.88 bits per heavy atom. The van der Waals surface area contributed by atoms with Gasteiger partial charge in [0.2, 0.25) is 0 Å². The molecule has 0 saturated carbocycles. The zero-order valence-electron chi connectivity index (χ0n) is 9.64. The highest BCUT2D eigenvalue weighted by Gasteiger charge is 2.30. The molecule has 0 spiro atoms. The lowest BCUT2D eigenvalue weighted by molar-refractivity contribution is 0.621. The first-order chi connectivity index (χ1) is 7.63. The van der Waals surface area contributed by atoms with E-state index in [2.05, 4.69) is 22.9 Å². The van der Waals surface area contributed by atoms with E-state index in [9.17, 15) is 0 Å². The van der Waals surface area contributed by atoms with Crippen molar-refractivity contribution in [2.75, 3.05) is 11.4 Å². The molecular formula is C12H16N4. The van der Waals surface area contributed by atoms with Crippen molar-refractivity contribution in [1.29, 1.82) is 5.26 Å². The largest absolute Gasteiger partial charge is 0.351 e. The van der Waals surface area contributed by atoms with Crippen LogP contribution in [0.1, 0.15) is 24.6 Å². The molecule has 84 valence electrons. The Balaban J connectivity index is 2.40. The normalized spacial score (nSPS) is 24.5. The van der Waals surface area contributed by atoms with Crippen molar-refractivity contribution >= 4 is 5.82 Å². The van der Waals surface area contributed by atoms with Gasteiger partial charge in [-0.15, -0.1) is 0 Å². The molecule has 2 N–H and O–H groups in total. The second-order valence-corrected chi connectivity index (χ2v) is 4.32. The van der Waals surface area contributed by atoms with Gasteiger partial charge >= 0.3 is 0 Å². The molecule has 0 aliphatic carbocycles. The molecule has 16 heavy (non-hydrogen) atoms. The number of nitriles is 1. The molecule has 0 amide bonds. The van der Waals surface area contributed by atoms with Crippen LogP contribution in [0.4, 0.5) is 5.82 Å². The highest BCUT2D eigenvalue weighted by molar-refractivity contribution is 5.55. The molecule has 2 unspecified atom stereocenters. The molecule has 0 bridgehead atoms. The quantitative estimate of drug-likeness (QED) is 0.765. The summed E-state index contributed by atoms with van der Waals surface area (Å²) >= 11 is 0. The number of nitrogens with zero attached hydrogens (tertiary/aromatic N) is 3. The van der Waals surface area contributed by atoms with Crippen LogP contribution in [-0.4, -0.2) is 23.6 Å². The lowest BCUT2D eigenvalue weighted by Crippen LogP contribution is -2.37. The second kappa shape index (κ2) is 4.11. The Labute approximate surface area is 95.7 Å². The summed E-state index contributed by atoms with van der Waals surface area (Å²) in [5.74, 6) is 0.781. The summed E-state index contributed by atoms with van der Waals surface area (Å²) in [5.41, 5.74) is 7.55. The zero-order valence-corrected chi connectivity index (χ0v) is 9.64. The van der Waals surface area contributed by atoms with E-state index in [1.54, 1.807) is 0 Å². The van der Waals surface area contributed by atoms with E-state index in [-0.39, 0.29) is 12.1 Å². The third-order valence-corrected chi connectivity index (χ3v) is 3.22. The van der Waals surface area contributed by atoms with Crippen LogP contribution in [0.3, 0.4) is 0 Å². The number of aryl methyl sites for hydroxylation is 1. The number of anilines is 1. The van der Waals surface area contributed by atoms with Crippen molar-refractivity contribution in [1.82, 2.24) is 4.98 Å².